The summed E-state index contributed by atoms with van der Waals surface area (Å²) in [6, 6.07) is 28.7. The number of carbonyl (C=O) groups is 1. The minimum Gasteiger partial charge on any atom is -0.497 e. The number of hydrogen-bond donors (Lipinski definition) is 1. The third-order valence-corrected chi connectivity index (χ3v) is 7.29. The van der Waals surface area contributed by atoms with Gasteiger partial charge in [0.05, 0.1) is 24.0 Å². The van der Waals surface area contributed by atoms with E-state index < -0.39 is 0 Å². The molecule has 0 atom stereocenters. The Morgan fingerprint density at radius 2 is 1.62 bits per heavy atom. The van der Waals surface area contributed by atoms with Crippen LogP contribution in [0.25, 0.3) is 16.9 Å². The third kappa shape index (κ3) is 5.93. The van der Waals surface area contributed by atoms with Gasteiger partial charge in [-0.15, -0.1) is 0 Å². The highest BCUT2D eigenvalue weighted by molar-refractivity contribution is 5.64. The van der Waals surface area contributed by atoms with E-state index in [4.69, 9.17) is 9.84 Å². The zero-order chi connectivity index (χ0) is 26.1. The summed E-state index contributed by atoms with van der Waals surface area (Å²) in [6.07, 6.45) is 7.41. The van der Waals surface area contributed by atoms with Gasteiger partial charge in [-0.05, 0) is 61.6 Å². The van der Waals surface area contributed by atoms with Crippen LogP contribution in [0.2, 0.25) is 0 Å². The third-order valence-electron chi connectivity index (χ3n) is 7.29. The Kier molecular flexibility index (Phi) is 8.78. The summed E-state index contributed by atoms with van der Waals surface area (Å²) in [7, 11) is 1.67. The molecule has 0 bridgehead atoms. The first kappa shape index (κ1) is 26.2. The Morgan fingerprint density at radius 3 is 2.24 bits per heavy atom. The Balaban J connectivity index is 0.000000176. The van der Waals surface area contributed by atoms with Gasteiger partial charge in [0.15, 0.2) is 0 Å². The number of methoxy groups -OCH3 is 1. The van der Waals surface area contributed by atoms with Gasteiger partial charge in [0.1, 0.15) is 5.75 Å². The predicted octanol–water partition coefficient (Wildman–Crippen LogP) is 7.01. The second-order valence-electron chi connectivity index (χ2n) is 9.52. The lowest BCUT2D eigenvalue weighted by Gasteiger charge is -2.37. The van der Waals surface area contributed by atoms with Gasteiger partial charge in [-0.2, -0.15) is 5.10 Å². The Bertz CT molecular complexity index is 1280. The van der Waals surface area contributed by atoms with Crippen LogP contribution in [-0.2, 0) is 16.8 Å². The van der Waals surface area contributed by atoms with Crippen molar-refractivity contribution in [2.45, 2.75) is 57.9 Å². The van der Waals surface area contributed by atoms with Crippen molar-refractivity contribution < 1.29 is 9.53 Å². The van der Waals surface area contributed by atoms with E-state index in [2.05, 4.69) is 66.3 Å². The second kappa shape index (κ2) is 12.4. The minimum atomic E-state index is -0.186. The monoisotopic (exact) mass is 495 g/mol. The standard InChI is InChI=1S/C18H18N2.C14H19NO2/c1-3-17-14(2)18(15-10-6-4-7-11-15)19-20(17)16-12-8-5-9-13-16;1-17-13-7-5-6-12(10-13)14(15-11-16)8-3-2-4-9-14/h4-13H,3H2,1-2H3;5-7,10-11H,2-4,8-9H2,1H3,(H,15,16). The van der Waals surface area contributed by atoms with E-state index in [0.717, 1.165) is 61.2 Å². The zero-order valence-electron chi connectivity index (χ0n) is 22.1. The van der Waals surface area contributed by atoms with E-state index in [-0.39, 0.29) is 5.54 Å². The lowest BCUT2D eigenvalue weighted by molar-refractivity contribution is -0.111. The lowest BCUT2D eigenvalue weighted by Crippen LogP contribution is -2.43. The van der Waals surface area contributed by atoms with Crippen LogP contribution >= 0.6 is 0 Å². The van der Waals surface area contributed by atoms with Crippen LogP contribution in [0.4, 0.5) is 0 Å². The van der Waals surface area contributed by atoms with E-state index in [1.54, 1.807) is 7.11 Å². The molecule has 5 nitrogen and oxygen atoms in total. The van der Waals surface area contributed by atoms with Gasteiger partial charge < -0.3 is 10.1 Å². The number of para-hydroxylation sites is 1. The summed E-state index contributed by atoms with van der Waals surface area (Å²) in [6.45, 7) is 4.34. The molecule has 0 radical (unpaired) electrons. The van der Waals surface area contributed by atoms with Crippen LogP contribution in [0.15, 0.2) is 84.9 Å². The molecule has 5 rings (SSSR count). The van der Waals surface area contributed by atoms with Crippen molar-refractivity contribution in [3.63, 3.8) is 0 Å². The molecule has 37 heavy (non-hydrogen) atoms. The van der Waals surface area contributed by atoms with Crippen molar-refractivity contribution in [1.29, 1.82) is 0 Å². The maximum atomic E-state index is 10.9. The highest BCUT2D eigenvalue weighted by Gasteiger charge is 2.33. The molecule has 1 fully saturated rings. The van der Waals surface area contributed by atoms with E-state index in [0.29, 0.717) is 0 Å². The maximum Gasteiger partial charge on any atom is 0.207 e. The SMILES string of the molecule is CCc1c(C)c(-c2ccccc2)nn1-c1ccccc1.COc1cccc(C2(NC=O)CCCCC2)c1. The number of rotatable bonds is 7. The molecule has 0 spiro atoms. The molecule has 1 N–H and O–H groups in total. The number of carbonyl (C=O) groups excluding carboxylic acids is 1. The molecule has 1 heterocycles. The van der Waals surface area contributed by atoms with Crippen molar-refractivity contribution in [3.8, 4) is 22.7 Å². The molecular formula is C32H37N3O2. The number of ether oxygens (including phenoxy) is 1. The van der Waals surface area contributed by atoms with Crippen molar-refractivity contribution in [1.82, 2.24) is 15.1 Å². The normalized spacial score (nSPS) is 14.2. The predicted molar refractivity (Wildman–Crippen MR) is 150 cm³/mol. The van der Waals surface area contributed by atoms with Crippen molar-refractivity contribution >= 4 is 6.41 Å². The topological polar surface area (TPSA) is 56.1 Å². The summed E-state index contributed by atoms with van der Waals surface area (Å²) < 4.78 is 7.32. The number of amides is 1. The average molecular weight is 496 g/mol. The smallest absolute Gasteiger partial charge is 0.207 e. The number of benzene rings is 3. The summed E-state index contributed by atoms with van der Waals surface area (Å²) >= 11 is 0. The van der Waals surface area contributed by atoms with E-state index >= 15 is 0 Å². The first-order valence-electron chi connectivity index (χ1n) is 13.2. The summed E-state index contributed by atoms with van der Waals surface area (Å²) in [4.78, 5) is 10.9. The molecule has 1 amide bonds. The molecule has 1 aromatic heterocycles. The number of hydrogen-bond acceptors (Lipinski definition) is 3. The fraction of sp³-hybridized carbons (Fsp3) is 0.312. The molecule has 3 aromatic carbocycles. The fourth-order valence-electron chi connectivity index (χ4n) is 5.30. The van der Waals surface area contributed by atoms with Gasteiger partial charge in [-0.25, -0.2) is 4.68 Å². The van der Waals surface area contributed by atoms with Crippen LogP contribution < -0.4 is 10.1 Å². The Hall–Kier alpha value is -3.86. The fourth-order valence-corrected chi connectivity index (χ4v) is 5.30. The van der Waals surface area contributed by atoms with Crippen LogP contribution in [0.3, 0.4) is 0 Å². The molecule has 0 saturated heterocycles. The van der Waals surface area contributed by atoms with Crippen LogP contribution in [0.5, 0.6) is 5.75 Å². The molecule has 4 aromatic rings. The zero-order valence-corrected chi connectivity index (χ0v) is 22.1. The summed E-state index contributed by atoms with van der Waals surface area (Å²) in [5.41, 5.74) is 6.88. The maximum absolute atomic E-state index is 10.9. The average Bonchev–Trinajstić information content (AvgIpc) is 3.31. The number of nitrogens with zero attached hydrogens (tertiary/aromatic N) is 2. The van der Waals surface area contributed by atoms with Crippen molar-refractivity contribution in [2.75, 3.05) is 7.11 Å². The minimum absolute atomic E-state index is 0.186. The van der Waals surface area contributed by atoms with Gasteiger partial charge in [0.2, 0.25) is 6.41 Å². The van der Waals surface area contributed by atoms with Gasteiger partial charge in [0, 0.05) is 11.3 Å². The molecule has 192 valence electrons. The van der Waals surface area contributed by atoms with Crippen LogP contribution in [0, 0.1) is 6.92 Å². The molecule has 0 unspecified atom stereocenters. The number of aromatic nitrogens is 2. The highest BCUT2D eigenvalue weighted by Crippen LogP contribution is 2.37. The van der Waals surface area contributed by atoms with Gasteiger partial charge in [-0.1, -0.05) is 86.8 Å². The second-order valence-corrected chi connectivity index (χ2v) is 9.52. The van der Waals surface area contributed by atoms with Gasteiger partial charge >= 0.3 is 0 Å². The first-order chi connectivity index (χ1) is 18.1. The van der Waals surface area contributed by atoms with Crippen molar-refractivity contribution in [3.05, 3.63) is 102 Å². The molecular weight excluding hydrogens is 458 g/mol. The first-order valence-corrected chi connectivity index (χ1v) is 13.2. The molecule has 1 aliphatic rings. The molecule has 1 aliphatic carbocycles. The van der Waals surface area contributed by atoms with E-state index in [1.165, 1.54) is 23.2 Å². The number of nitrogens with one attached hydrogen (secondary N) is 1. The largest absolute Gasteiger partial charge is 0.497 e. The van der Waals surface area contributed by atoms with Gasteiger partial charge in [-0.3, -0.25) is 4.79 Å². The van der Waals surface area contributed by atoms with Crippen molar-refractivity contribution in [2.24, 2.45) is 0 Å². The van der Waals surface area contributed by atoms with Gasteiger partial charge in [0.25, 0.3) is 0 Å². The Morgan fingerprint density at radius 1 is 0.946 bits per heavy atom. The summed E-state index contributed by atoms with van der Waals surface area (Å²) in [5, 5.41) is 7.87. The molecule has 1 saturated carbocycles. The Labute approximate surface area is 220 Å². The summed E-state index contributed by atoms with van der Waals surface area (Å²) in [5.74, 6) is 0.847. The van der Waals surface area contributed by atoms with Crippen LogP contribution in [-0.4, -0.2) is 23.3 Å². The molecule has 0 aliphatic heterocycles. The quantitative estimate of drug-likeness (QED) is 0.281. The van der Waals surface area contributed by atoms with E-state index in [1.807, 2.05) is 42.5 Å². The highest BCUT2D eigenvalue weighted by atomic mass is 16.5. The molecule has 5 heteroatoms. The van der Waals surface area contributed by atoms with Crippen LogP contribution in [0.1, 0.15) is 55.8 Å². The van der Waals surface area contributed by atoms with E-state index in [9.17, 15) is 4.79 Å². The lowest BCUT2D eigenvalue weighted by atomic mass is 9.76.